The molecule has 0 radical (unpaired) electrons. The molecule has 0 spiro atoms. The van der Waals surface area contributed by atoms with E-state index in [1.807, 2.05) is 76.2 Å². The fourth-order valence-corrected chi connectivity index (χ4v) is 5.70. The number of thioether (sulfide) groups is 1. The standard InChI is InChI=1S/C38H39N7S/c1-25-12-14-30(15-13-25)20-32-22-40-26(2)35-8-7-11-38(45-35)29(5)43-33(21-31-16-18-34(19-17-31)46-24-39)23-41-27(3)36-9-6-10-37(44-36)28(4)42-32/h6-19,32-33H,20-23H2,1-5H3. The molecule has 232 valence electrons. The van der Waals surface area contributed by atoms with Crippen LogP contribution < -0.4 is 0 Å². The number of rotatable bonds is 5. The van der Waals surface area contributed by atoms with Crippen LogP contribution in [0.15, 0.2) is 110 Å². The maximum absolute atomic E-state index is 9.02. The molecule has 0 saturated heterocycles. The van der Waals surface area contributed by atoms with Crippen molar-refractivity contribution in [2.24, 2.45) is 20.0 Å². The lowest BCUT2D eigenvalue weighted by molar-refractivity contribution is 0.680. The van der Waals surface area contributed by atoms with Crippen molar-refractivity contribution in [3.8, 4) is 5.40 Å². The maximum atomic E-state index is 9.02. The Hall–Kier alpha value is -4.74. The van der Waals surface area contributed by atoms with Crippen LogP contribution in [0.5, 0.6) is 0 Å². The quantitative estimate of drug-likeness (QED) is 0.169. The number of aromatic nitrogens is 2. The highest BCUT2D eigenvalue weighted by Crippen LogP contribution is 2.19. The van der Waals surface area contributed by atoms with Crippen molar-refractivity contribution in [2.45, 2.75) is 64.4 Å². The van der Waals surface area contributed by atoms with E-state index in [9.17, 15) is 0 Å². The van der Waals surface area contributed by atoms with Gasteiger partial charge in [0.05, 0.1) is 70.8 Å². The molecule has 0 amide bonds. The second kappa shape index (κ2) is 15.5. The summed E-state index contributed by atoms with van der Waals surface area (Å²) in [4.78, 5) is 31.1. The van der Waals surface area contributed by atoms with Crippen molar-refractivity contribution in [1.29, 1.82) is 5.26 Å². The molecule has 3 heterocycles. The monoisotopic (exact) mass is 625 g/mol. The van der Waals surface area contributed by atoms with Gasteiger partial charge in [0.25, 0.3) is 0 Å². The van der Waals surface area contributed by atoms with E-state index in [0.29, 0.717) is 19.5 Å². The molecule has 1 aliphatic heterocycles. The summed E-state index contributed by atoms with van der Waals surface area (Å²) in [6.45, 7) is 11.2. The van der Waals surface area contributed by atoms with Crippen molar-refractivity contribution in [2.75, 3.05) is 13.1 Å². The van der Waals surface area contributed by atoms with E-state index in [2.05, 4.69) is 48.7 Å². The molecule has 0 saturated carbocycles. The third kappa shape index (κ3) is 8.92. The molecule has 0 N–H and O–H groups in total. The van der Waals surface area contributed by atoms with Gasteiger partial charge in [-0.2, -0.15) is 5.26 Å². The van der Waals surface area contributed by atoms with Gasteiger partial charge in [0.2, 0.25) is 0 Å². The fourth-order valence-electron chi connectivity index (χ4n) is 5.32. The summed E-state index contributed by atoms with van der Waals surface area (Å²) < 4.78 is 0. The Labute approximate surface area is 276 Å². The number of thiocyanates is 1. The highest BCUT2D eigenvalue weighted by Gasteiger charge is 2.15. The Morgan fingerprint density at radius 1 is 0.587 bits per heavy atom. The minimum Gasteiger partial charge on any atom is -0.286 e. The van der Waals surface area contributed by atoms with Gasteiger partial charge in [0.15, 0.2) is 0 Å². The van der Waals surface area contributed by atoms with Crippen molar-refractivity contribution < 1.29 is 0 Å². The number of aliphatic imine (C=N–C) groups is 4. The van der Waals surface area contributed by atoms with Gasteiger partial charge in [-0.1, -0.05) is 54.1 Å². The Bertz CT molecular complexity index is 1830. The third-order valence-electron chi connectivity index (χ3n) is 7.96. The van der Waals surface area contributed by atoms with Gasteiger partial charge in [-0.05, 0) is 107 Å². The summed E-state index contributed by atoms with van der Waals surface area (Å²) in [6, 6.07) is 28.6. The van der Waals surface area contributed by atoms with Crippen molar-refractivity contribution in [3.63, 3.8) is 0 Å². The van der Waals surface area contributed by atoms with Crippen LogP contribution in [0.4, 0.5) is 0 Å². The molecule has 2 atom stereocenters. The van der Waals surface area contributed by atoms with Crippen molar-refractivity contribution in [1.82, 2.24) is 9.97 Å². The highest BCUT2D eigenvalue weighted by molar-refractivity contribution is 8.03. The van der Waals surface area contributed by atoms with Crippen LogP contribution in [-0.4, -0.2) is 58.0 Å². The molecule has 5 rings (SSSR count). The molecule has 4 aromatic rings. The van der Waals surface area contributed by atoms with Gasteiger partial charge in [-0.25, -0.2) is 9.97 Å². The minimum atomic E-state index is -0.113. The van der Waals surface area contributed by atoms with Crippen LogP contribution in [0.3, 0.4) is 0 Å². The van der Waals surface area contributed by atoms with Gasteiger partial charge in [-0.3, -0.25) is 20.0 Å². The molecular weight excluding hydrogens is 587 g/mol. The van der Waals surface area contributed by atoms with Gasteiger partial charge < -0.3 is 0 Å². The number of hydrogen-bond acceptors (Lipinski definition) is 8. The second-order valence-electron chi connectivity index (χ2n) is 11.6. The van der Waals surface area contributed by atoms with Crippen molar-refractivity contribution in [3.05, 3.63) is 124 Å². The molecule has 7 nitrogen and oxygen atoms in total. The molecule has 1 aliphatic rings. The summed E-state index contributed by atoms with van der Waals surface area (Å²) in [5, 5.41) is 11.2. The SMILES string of the molecule is CC1=NCC(Cc2ccc(SC#N)cc2)N=C(C)c2cccc(n2)C(C)=NCC(Cc2ccc(C)cc2)N=C(C)c2cccc1n2. The first kappa shape index (κ1) is 32.6. The van der Waals surface area contributed by atoms with Crippen molar-refractivity contribution >= 4 is 34.6 Å². The van der Waals surface area contributed by atoms with Crippen LogP contribution in [0, 0.1) is 17.6 Å². The molecule has 0 fully saturated rings. The number of pyridine rings is 2. The predicted molar refractivity (Wildman–Crippen MR) is 191 cm³/mol. The maximum Gasteiger partial charge on any atom is 0.138 e. The molecule has 2 aromatic carbocycles. The zero-order valence-corrected chi connectivity index (χ0v) is 27.9. The molecule has 46 heavy (non-hydrogen) atoms. The van der Waals surface area contributed by atoms with E-state index < -0.39 is 0 Å². The number of nitrogens with zero attached hydrogens (tertiary/aromatic N) is 7. The number of fused-ring (bicyclic) bond motifs is 4. The van der Waals surface area contributed by atoms with E-state index in [-0.39, 0.29) is 12.1 Å². The van der Waals surface area contributed by atoms with Crippen LogP contribution in [0.1, 0.15) is 67.2 Å². The Morgan fingerprint density at radius 3 is 1.43 bits per heavy atom. The first-order chi connectivity index (χ1) is 22.3. The number of nitriles is 1. The highest BCUT2D eigenvalue weighted by atomic mass is 32.2. The molecule has 4 bridgehead atoms. The van der Waals surface area contributed by atoms with Gasteiger partial charge in [-0.15, -0.1) is 0 Å². The van der Waals surface area contributed by atoms with E-state index >= 15 is 0 Å². The zero-order chi connectivity index (χ0) is 32.5. The smallest absolute Gasteiger partial charge is 0.138 e. The van der Waals surface area contributed by atoms with Gasteiger partial charge in [0, 0.05) is 4.90 Å². The average molecular weight is 626 g/mol. The molecule has 8 heteroatoms. The van der Waals surface area contributed by atoms with E-state index in [1.54, 1.807) is 0 Å². The topological polar surface area (TPSA) is 99.0 Å². The normalized spacial score (nSPS) is 17.4. The van der Waals surface area contributed by atoms with Crippen LogP contribution in [0.2, 0.25) is 0 Å². The van der Waals surface area contributed by atoms with Gasteiger partial charge >= 0.3 is 0 Å². The minimum absolute atomic E-state index is 0.0587. The van der Waals surface area contributed by atoms with E-state index in [0.717, 1.165) is 74.3 Å². The second-order valence-corrected chi connectivity index (χ2v) is 12.5. The lowest BCUT2D eigenvalue weighted by atomic mass is 10.0. The largest absolute Gasteiger partial charge is 0.286 e. The van der Waals surface area contributed by atoms with E-state index in [4.69, 9.17) is 35.2 Å². The Morgan fingerprint density at radius 2 is 1.00 bits per heavy atom. The zero-order valence-electron chi connectivity index (χ0n) is 27.1. The number of aryl methyl sites for hydroxylation is 1. The van der Waals surface area contributed by atoms with Crippen LogP contribution >= 0.6 is 11.8 Å². The summed E-state index contributed by atoms with van der Waals surface area (Å²) >= 11 is 1.16. The Kier molecular flexibility index (Phi) is 11.0. The van der Waals surface area contributed by atoms with Crippen LogP contribution in [-0.2, 0) is 12.8 Å². The molecule has 2 aromatic heterocycles. The summed E-state index contributed by atoms with van der Waals surface area (Å²) in [5.41, 5.74) is 10.3. The number of benzene rings is 2. The summed E-state index contributed by atoms with van der Waals surface area (Å²) in [7, 11) is 0. The fraction of sp³-hybridized carbons (Fsp3) is 0.289. The first-order valence-electron chi connectivity index (χ1n) is 15.5. The van der Waals surface area contributed by atoms with E-state index in [1.165, 1.54) is 11.1 Å². The predicted octanol–water partition coefficient (Wildman–Crippen LogP) is 7.53. The number of hydrogen-bond donors (Lipinski definition) is 0. The summed E-state index contributed by atoms with van der Waals surface area (Å²) in [6.07, 6.45) is 1.47. The molecule has 2 unspecified atom stereocenters. The molecular formula is C38H39N7S. The Balaban J connectivity index is 1.53. The third-order valence-corrected chi connectivity index (χ3v) is 8.56. The van der Waals surface area contributed by atoms with Gasteiger partial charge in [0.1, 0.15) is 5.40 Å². The molecule has 0 aliphatic carbocycles. The summed E-state index contributed by atoms with van der Waals surface area (Å²) in [5.74, 6) is 0. The lowest BCUT2D eigenvalue weighted by Crippen LogP contribution is -2.19. The lowest BCUT2D eigenvalue weighted by Gasteiger charge is -2.15. The van der Waals surface area contributed by atoms with Crippen LogP contribution in [0.25, 0.3) is 0 Å². The first-order valence-corrected chi connectivity index (χ1v) is 16.4. The average Bonchev–Trinajstić information content (AvgIpc) is 3.07.